The molecule has 1 atom stereocenters. The summed E-state index contributed by atoms with van der Waals surface area (Å²) in [7, 11) is -0.887. The van der Waals surface area contributed by atoms with Gasteiger partial charge in [-0.1, -0.05) is 36.4 Å². The Balaban J connectivity index is 1.16. The molecule has 0 bridgehead atoms. The van der Waals surface area contributed by atoms with E-state index in [2.05, 4.69) is 27.2 Å². The quantitative estimate of drug-likeness (QED) is 0.173. The maximum Gasteiger partial charge on any atom is 0.301 e. The number of hydrogen-bond acceptors (Lipinski definition) is 6. The van der Waals surface area contributed by atoms with Crippen LogP contribution in [0.25, 0.3) is 10.9 Å². The van der Waals surface area contributed by atoms with Crippen molar-refractivity contribution in [2.75, 3.05) is 38.5 Å². The van der Waals surface area contributed by atoms with Gasteiger partial charge in [-0.25, -0.2) is 0 Å². The SMILES string of the molecule is CN(C)S(=O)(=O)Nc1cc([C@@H](O)CNCCOc2ccc3c4c([nH]c3c2)CCCC4)ccc1OCc1ccccc1. The van der Waals surface area contributed by atoms with Crippen LogP contribution < -0.4 is 19.5 Å². The number of rotatable bonds is 13. The largest absolute Gasteiger partial charge is 0.492 e. The van der Waals surface area contributed by atoms with E-state index in [0.29, 0.717) is 24.5 Å². The van der Waals surface area contributed by atoms with Crippen molar-refractivity contribution in [3.63, 3.8) is 0 Å². The molecule has 41 heavy (non-hydrogen) atoms. The Labute approximate surface area is 241 Å². The zero-order valence-corrected chi connectivity index (χ0v) is 24.3. The van der Waals surface area contributed by atoms with Crippen molar-refractivity contribution in [2.45, 2.75) is 38.4 Å². The van der Waals surface area contributed by atoms with Crippen molar-refractivity contribution >= 4 is 26.8 Å². The number of nitrogens with zero attached hydrogens (tertiary/aromatic N) is 1. The normalized spacial score (nSPS) is 14.1. The first-order chi connectivity index (χ1) is 19.8. The summed E-state index contributed by atoms with van der Waals surface area (Å²) in [6, 6.07) is 20.8. The molecular formula is C31H38N4O5S. The predicted molar refractivity (Wildman–Crippen MR) is 162 cm³/mol. The van der Waals surface area contributed by atoms with Crippen molar-refractivity contribution in [3.05, 3.63) is 89.1 Å². The predicted octanol–water partition coefficient (Wildman–Crippen LogP) is 4.55. The van der Waals surface area contributed by atoms with E-state index in [1.165, 1.54) is 43.6 Å². The van der Waals surface area contributed by atoms with Gasteiger partial charge in [-0.2, -0.15) is 12.7 Å². The minimum absolute atomic E-state index is 0.260. The first kappa shape index (κ1) is 28.9. The number of aliphatic hydroxyl groups excluding tert-OH is 1. The lowest BCUT2D eigenvalue weighted by molar-refractivity contribution is 0.172. The van der Waals surface area contributed by atoms with E-state index in [1.54, 1.807) is 18.2 Å². The number of aryl methyl sites for hydroxylation is 2. The Morgan fingerprint density at radius 3 is 2.61 bits per heavy atom. The fourth-order valence-electron chi connectivity index (χ4n) is 5.01. The number of aromatic amines is 1. The topological polar surface area (TPSA) is 116 Å². The third-order valence-corrected chi connectivity index (χ3v) is 8.74. The molecule has 0 radical (unpaired) electrons. The molecule has 0 saturated heterocycles. The van der Waals surface area contributed by atoms with Crippen LogP contribution in [0, 0.1) is 0 Å². The van der Waals surface area contributed by atoms with Crippen molar-refractivity contribution < 1.29 is 23.0 Å². The lowest BCUT2D eigenvalue weighted by Crippen LogP contribution is -2.29. The average Bonchev–Trinajstić information content (AvgIpc) is 3.34. The number of anilines is 1. The molecule has 0 amide bonds. The van der Waals surface area contributed by atoms with Crippen LogP contribution in [0.4, 0.5) is 5.69 Å². The van der Waals surface area contributed by atoms with E-state index in [-0.39, 0.29) is 18.8 Å². The van der Waals surface area contributed by atoms with Gasteiger partial charge >= 0.3 is 10.2 Å². The maximum atomic E-state index is 12.6. The molecule has 0 unspecified atom stereocenters. The molecule has 1 heterocycles. The van der Waals surface area contributed by atoms with Crippen LogP contribution in [-0.2, 0) is 29.7 Å². The number of ether oxygens (including phenoxy) is 2. The number of benzene rings is 3. The molecule has 1 aliphatic rings. The van der Waals surface area contributed by atoms with Gasteiger partial charge < -0.3 is 24.9 Å². The zero-order valence-electron chi connectivity index (χ0n) is 23.5. The Hall–Kier alpha value is -3.57. The Bertz CT molecular complexity index is 1570. The van der Waals surface area contributed by atoms with Gasteiger partial charge in [-0.15, -0.1) is 0 Å². The van der Waals surface area contributed by atoms with Crippen LogP contribution >= 0.6 is 0 Å². The number of aromatic nitrogens is 1. The lowest BCUT2D eigenvalue weighted by Gasteiger charge is -2.19. The smallest absolute Gasteiger partial charge is 0.301 e. The number of H-pyrrole nitrogens is 1. The molecule has 5 rings (SSSR count). The van der Waals surface area contributed by atoms with E-state index in [9.17, 15) is 13.5 Å². The van der Waals surface area contributed by atoms with E-state index in [4.69, 9.17) is 9.47 Å². The second-order valence-electron chi connectivity index (χ2n) is 10.5. The van der Waals surface area contributed by atoms with Gasteiger partial charge in [-0.3, -0.25) is 4.72 Å². The highest BCUT2D eigenvalue weighted by Crippen LogP contribution is 2.32. The molecule has 1 aromatic heterocycles. The van der Waals surface area contributed by atoms with Crippen LogP contribution in [0.3, 0.4) is 0 Å². The summed E-state index contributed by atoms with van der Waals surface area (Å²) in [5.41, 5.74) is 5.69. The second kappa shape index (κ2) is 12.9. The summed E-state index contributed by atoms with van der Waals surface area (Å²) in [6.45, 7) is 1.53. The molecule has 9 nitrogen and oxygen atoms in total. The summed E-state index contributed by atoms with van der Waals surface area (Å²) in [4.78, 5) is 3.55. The van der Waals surface area contributed by atoms with Crippen LogP contribution in [0.15, 0.2) is 66.7 Å². The minimum atomic E-state index is -3.78. The molecule has 0 saturated carbocycles. The van der Waals surface area contributed by atoms with Crippen LogP contribution in [0.1, 0.15) is 41.3 Å². The highest BCUT2D eigenvalue weighted by atomic mass is 32.2. The van der Waals surface area contributed by atoms with Gasteiger partial charge in [0, 0.05) is 49.8 Å². The van der Waals surface area contributed by atoms with Crippen LogP contribution in [0.5, 0.6) is 11.5 Å². The van der Waals surface area contributed by atoms with Gasteiger partial charge in [-0.05, 0) is 66.6 Å². The first-order valence-corrected chi connectivity index (χ1v) is 15.4. The van der Waals surface area contributed by atoms with Crippen molar-refractivity contribution in [2.24, 2.45) is 0 Å². The summed E-state index contributed by atoms with van der Waals surface area (Å²) >= 11 is 0. The van der Waals surface area contributed by atoms with Gasteiger partial charge in [0.2, 0.25) is 0 Å². The third-order valence-electron chi connectivity index (χ3n) is 7.30. The lowest BCUT2D eigenvalue weighted by atomic mass is 9.96. The highest BCUT2D eigenvalue weighted by Gasteiger charge is 2.19. The fraction of sp³-hybridized carbons (Fsp3) is 0.355. The van der Waals surface area contributed by atoms with Gasteiger partial charge in [0.25, 0.3) is 0 Å². The summed E-state index contributed by atoms with van der Waals surface area (Å²) in [5.74, 6) is 1.18. The van der Waals surface area contributed by atoms with Crippen molar-refractivity contribution in [1.29, 1.82) is 0 Å². The molecule has 4 aromatic rings. The molecule has 1 aliphatic carbocycles. The van der Waals surface area contributed by atoms with Crippen LogP contribution in [0.2, 0.25) is 0 Å². The molecule has 3 aromatic carbocycles. The molecule has 0 fully saturated rings. The van der Waals surface area contributed by atoms with E-state index >= 15 is 0 Å². The highest BCUT2D eigenvalue weighted by molar-refractivity contribution is 7.90. The molecule has 10 heteroatoms. The van der Waals surface area contributed by atoms with Gasteiger partial charge in [0.05, 0.1) is 11.8 Å². The molecular weight excluding hydrogens is 540 g/mol. The van der Waals surface area contributed by atoms with Crippen molar-refractivity contribution in [3.8, 4) is 11.5 Å². The fourth-order valence-corrected chi connectivity index (χ4v) is 5.63. The average molecular weight is 579 g/mol. The summed E-state index contributed by atoms with van der Waals surface area (Å²) in [5, 5.41) is 15.3. The first-order valence-electron chi connectivity index (χ1n) is 14.0. The number of hydrogen-bond donors (Lipinski definition) is 4. The van der Waals surface area contributed by atoms with E-state index in [0.717, 1.165) is 34.0 Å². The molecule has 218 valence electrons. The number of nitrogens with one attached hydrogen (secondary N) is 3. The standard InChI is InChI=1S/C31H38N4O5S/c1-35(2)41(37,38)34-29-18-23(12-15-31(29)40-21-22-8-4-3-5-9-22)30(36)20-32-16-17-39-24-13-14-26-25-10-6-7-11-27(25)33-28(26)19-24/h3-5,8-9,12-15,18-19,30,32-34,36H,6-7,10-11,16-17,20-21H2,1-2H3/t30-/m0/s1. The number of fused-ring (bicyclic) bond motifs is 3. The van der Waals surface area contributed by atoms with E-state index in [1.807, 2.05) is 36.4 Å². The molecule has 0 aliphatic heterocycles. The van der Waals surface area contributed by atoms with E-state index < -0.39 is 16.3 Å². The van der Waals surface area contributed by atoms with Crippen LogP contribution in [-0.4, -0.2) is 56.6 Å². The summed E-state index contributed by atoms with van der Waals surface area (Å²) in [6.07, 6.45) is 3.87. The van der Waals surface area contributed by atoms with Crippen molar-refractivity contribution in [1.82, 2.24) is 14.6 Å². The monoisotopic (exact) mass is 578 g/mol. The van der Waals surface area contributed by atoms with Gasteiger partial charge in [0.15, 0.2) is 0 Å². The maximum absolute atomic E-state index is 12.6. The number of aliphatic hydroxyl groups is 1. The Morgan fingerprint density at radius 2 is 1.80 bits per heavy atom. The van der Waals surface area contributed by atoms with Gasteiger partial charge in [0.1, 0.15) is 24.7 Å². The molecule has 0 spiro atoms. The second-order valence-corrected chi connectivity index (χ2v) is 12.4. The Morgan fingerprint density at radius 1 is 1.00 bits per heavy atom. The Kier molecular flexibility index (Phi) is 9.14. The summed E-state index contributed by atoms with van der Waals surface area (Å²) < 4.78 is 40.6. The molecule has 4 N–H and O–H groups in total. The third kappa shape index (κ3) is 7.20. The minimum Gasteiger partial charge on any atom is -0.492 e. The zero-order chi connectivity index (χ0) is 28.8.